The Morgan fingerprint density at radius 2 is 2.22 bits per heavy atom. The van der Waals surface area contributed by atoms with Crippen molar-refractivity contribution in [2.24, 2.45) is 5.41 Å². The normalized spacial score (nSPS) is 17.9. The lowest BCUT2D eigenvalue weighted by atomic mass is 9.88. The molecule has 0 saturated heterocycles. The number of hydrogen-bond donors (Lipinski definition) is 1. The van der Waals surface area contributed by atoms with E-state index in [2.05, 4.69) is 14.9 Å². The lowest BCUT2D eigenvalue weighted by Crippen LogP contribution is -2.37. The zero-order valence-electron chi connectivity index (χ0n) is 10.5. The minimum Gasteiger partial charge on any atom is -0.351 e. The third-order valence-corrected chi connectivity index (χ3v) is 5.00. The summed E-state index contributed by atoms with van der Waals surface area (Å²) in [6.07, 6.45) is 5.38. The fraction of sp³-hybridized carbons (Fsp3) is 0.750. The van der Waals surface area contributed by atoms with Gasteiger partial charge in [0.2, 0.25) is 0 Å². The van der Waals surface area contributed by atoms with Crippen LogP contribution in [0.3, 0.4) is 0 Å². The second kappa shape index (κ2) is 5.97. The van der Waals surface area contributed by atoms with Gasteiger partial charge in [-0.15, -0.1) is 16.7 Å². The maximum Gasteiger partial charge on any atom is 0.264 e. The Balaban J connectivity index is 1.96. The van der Waals surface area contributed by atoms with Gasteiger partial charge < -0.3 is 5.32 Å². The molecule has 1 N–H and O–H groups in total. The monoisotopic (exact) mass is 287 g/mol. The summed E-state index contributed by atoms with van der Waals surface area (Å²) in [4.78, 5) is 12.7. The van der Waals surface area contributed by atoms with E-state index in [-0.39, 0.29) is 11.3 Å². The number of nitrogens with zero attached hydrogens (tertiary/aromatic N) is 2. The van der Waals surface area contributed by atoms with E-state index in [1.807, 2.05) is 6.92 Å². The van der Waals surface area contributed by atoms with Gasteiger partial charge in [-0.2, -0.15) is 0 Å². The third kappa shape index (κ3) is 2.83. The van der Waals surface area contributed by atoms with Gasteiger partial charge in [0.15, 0.2) is 0 Å². The van der Waals surface area contributed by atoms with Crippen LogP contribution in [0.15, 0.2) is 0 Å². The second-order valence-electron chi connectivity index (χ2n) is 4.93. The highest BCUT2D eigenvalue weighted by molar-refractivity contribution is 7.08. The third-order valence-electron chi connectivity index (χ3n) is 3.67. The van der Waals surface area contributed by atoms with Crippen LogP contribution in [0.5, 0.6) is 0 Å². The molecule has 1 fully saturated rings. The number of carbonyl (C=O) groups is 1. The molecule has 1 heterocycles. The molecule has 0 bridgehead atoms. The Hall–Kier alpha value is -0.680. The maximum atomic E-state index is 12.1. The van der Waals surface area contributed by atoms with E-state index in [1.165, 1.54) is 24.4 Å². The van der Waals surface area contributed by atoms with Crippen LogP contribution in [-0.4, -0.2) is 27.9 Å². The van der Waals surface area contributed by atoms with Crippen LogP contribution < -0.4 is 5.32 Å². The molecule has 0 radical (unpaired) electrons. The molecule has 0 aromatic carbocycles. The molecular formula is C12H18ClN3OS. The summed E-state index contributed by atoms with van der Waals surface area (Å²) in [5.41, 5.74) is 0.880. The first-order chi connectivity index (χ1) is 8.71. The first-order valence-corrected chi connectivity index (χ1v) is 7.67. The summed E-state index contributed by atoms with van der Waals surface area (Å²) in [6, 6.07) is 0. The van der Waals surface area contributed by atoms with Crippen molar-refractivity contribution in [2.45, 2.75) is 39.0 Å². The first kappa shape index (κ1) is 13.7. The van der Waals surface area contributed by atoms with Crippen LogP contribution in [0.25, 0.3) is 0 Å². The Kier molecular flexibility index (Phi) is 4.56. The fourth-order valence-corrected chi connectivity index (χ4v) is 3.47. The van der Waals surface area contributed by atoms with Crippen molar-refractivity contribution in [1.82, 2.24) is 14.9 Å². The minimum absolute atomic E-state index is 0.0572. The van der Waals surface area contributed by atoms with Crippen molar-refractivity contribution >= 4 is 29.0 Å². The van der Waals surface area contributed by atoms with Gasteiger partial charge in [0.25, 0.3) is 5.91 Å². The molecule has 1 aromatic heterocycles. The van der Waals surface area contributed by atoms with E-state index in [9.17, 15) is 4.79 Å². The van der Waals surface area contributed by atoms with E-state index < -0.39 is 0 Å². The Labute approximate surface area is 116 Å². The van der Waals surface area contributed by atoms with Crippen molar-refractivity contribution in [3.05, 3.63) is 10.6 Å². The zero-order valence-corrected chi connectivity index (χ0v) is 12.1. The van der Waals surface area contributed by atoms with E-state index in [0.29, 0.717) is 17.3 Å². The summed E-state index contributed by atoms with van der Waals surface area (Å²) >= 11 is 7.22. The number of aryl methyl sites for hydroxylation is 1. The maximum absolute atomic E-state index is 12.1. The highest BCUT2D eigenvalue weighted by atomic mass is 35.5. The van der Waals surface area contributed by atoms with Gasteiger partial charge in [-0.1, -0.05) is 24.3 Å². The van der Waals surface area contributed by atoms with Gasteiger partial charge in [-0.05, 0) is 30.8 Å². The highest BCUT2D eigenvalue weighted by Gasteiger charge is 2.33. The number of hydrogen-bond acceptors (Lipinski definition) is 4. The molecule has 2 rings (SSSR count). The molecule has 0 aliphatic heterocycles. The molecule has 0 unspecified atom stereocenters. The van der Waals surface area contributed by atoms with Crippen LogP contribution in [-0.2, 0) is 6.42 Å². The molecule has 1 amide bonds. The molecule has 6 heteroatoms. The van der Waals surface area contributed by atoms with Crippen LogP contribution >= 0.6 is 23.1 Å². The summed E-state index contributed by atoms with van der Waals surface area (Å²) in [7, 11) is 0. The number of alkyl halides is 1. The van der Waals surface area contributed by atoms with Gasteiger partial charge in [-0.25, -0.2) is 0 Å². The van der Waals surface area contributed by atoms with E-state index in [0.717, 1.165) is 25.0 Å². The molecule has 1 aromatic rings. The van der Waals surface area contributed by atoms with E-state index >= 15 is 0 Å². The molecule has 1 saturated carbocycles. The van der Waals surface area contributed by atoms with Crippen molar-refractivity contribution in [3.8, 4) is 0 Å². The molecule has 100 valence electrons. The zero-order chi connectivity index (χ0) is 13.0. The van der Waals surface area contributed by atoms with E-state index in [4.69, 9.17) is 11.6 Å². The summed E-state index contributed by atoms with van der Waals surface area (Å²) in [5, 5.41) is 6.96. The summed E-state index contributed by atoms with van der Waals surface area (Å²) in [6.45, 7) is 2.64. The highest BCUT2D eigenvalue weighted by Crippen LogP contribution is 2.38. The fourth-order valence-electron chi connectivity index (χ4n) is 2.44. The number of rotatable bonds is 5. The molecular weight excluding hydrogens is 270 g/mol. The van der Waals surface area contributed by atoms with Crippen LogP contribution in [0, 0.1) is 5.41 Å². The minimum atomic E-state index is -0.0572. The predicted octanol–water partition coefficient (Wildman–Crippen LogP) is 2.63. The van der Waals surface area contributed by atoms with Gasteiger partial charge in [0.1, 0.15) is 4.88 Å². The smallest absolute Gasteiger partial charge is 0.264 e. The van der Waals surface area contributed by atoms with Gasteiger partial charge in [-0.3, -0.25) is 4.79 Å². The predicted molar refractivity (Wildman–Crippen MR) is 73.2 cm³/mol. The van der Waals surface area contributed by atoms with Crippen LogP contribution in [0.2, 0.25) is 0 Å². The molecule has 1 aliphatic carbocycles. The summed E-state index contributed by atoms with van der Waals surface area (Å²) in [5.74, 6) is 0.563. The topological polar surface area (TPSA) is 54.9 Å². The number of amides is 1. The van der Waals surface area contributed by atoms with Crippen LogP contribution in [0.1, 0.15) is 48.0 Å². The number of halogens is 1. The molecule has 0 spiro atoms. The van der Waals surface area contributed by atoms with Gasteiger partial charge in [0.05, 0.1) is 5.69 Å². The average molecular weight is 288 g/mol. The first-order valence-electron chi connectivity index (χ1n) is 6.36. The summed E-state index contributed by atoms with van der Waals surface area (Å²) < 4.78 is 3.84. The second-order valence-corrected chi connectivity index (χ2v) is 5.95. The average Bonchev–Trinajstić information content (AvgIpc) is 3.05. The standard InChI is InChI=1S/C12H18ClN3OS/c1-2-9-10(18-16-15-9)11(17)14-8-12(7-13)5-3-4-6-12/h2-8H2,1H3,(H,14,17). The SMILES string of the molecule is CCc1nnsc1C(=O)NCC1(CCl)CCCC1. The van der Waals surface area contributed by atoms with Crippen molar-refractivity contribution < 1.29 is 4.79 Å². The van der Waals surface area contributed by atoms with E-state index in [1.54, 1.807) is 0 Å². The van der Waals surface area contributed by atoms with Crippen molar-refractivity contribution in [1.29, 1.82) is 0 Å². The number of carbonyl (C=O) groups excluding carboxylic acids is 1. The van der Waals surface area contributed by atoms with Crippen molar-refractivity contribution in [2.75, 3.05) is 12.4 Å². The molecule has 4 nitrogen and oxygen atoms in total. The van der Waals surface area contributed by atoms with Gasteiger partial charge in [0, 0.05) is 17.8 Å². The van der Waals surface area contributed by atoms with Crippen LogP contribution in [0.4, 0.5) is 0 Å². The molecule has 0 atom stereocenters. The Morgan fingerprint density at radius 1 is 1.50 bits per heavy atom. The Bertz CT molecular complexity index is 415. The number of aromatic nitrogens is 2. The van der Waals surface area contributed by atoms with Crippen molar-refractivity contribution in [3.63, 3.8) is 0 Å². The lowest BCUT2D eigenvalue weighted by Gasteiger charge is -2.26. The lowest BCUT2D eigenvalue weighted by molar-refractivity contribution is 0.0938. The molecule has 1 aliphatic rings. The molecule has 18 heavy (non-hydrogen) atoms. The quantitative estimate of drug-likeness (QED) is 0.847. The largest absolute Gasteiger partial charge is 0.351 e. The number of nitrogens with one attached hydrogen (secondary N) is 1. The Morgan fingerprint density at radius 3 is 2.83 bits per heavy atom. The van der Waals surface area contributed by atoms with Gasteiger partial charge >= 0.3 is 0 Å².